The number of benzene rings is 1. The molecule has 0 heterocycles. The molecule has 0 bridgehead atoms. The average molecular weight is 649 g/mol. The van der Waals surface area contributed by atoms with Crippen LogP contribution in [0.4, 0.5) is 4.39 Å². The second-order valence-corrected chi connectivity index (χ2v) is 14.1. The Balaban J connectivity index is 2.26. The zero-order valence-electron chi connectivity index (χ0n) is 26.4. The molecule has 12 heteroatoms. The highest BCUT2D eigenvalue weighted by Gasteiger charge is 2.34. The lowest BCUT2D eigenvalue weighted by atomic mass is 9.82. The van der Waals surface area contributed by atoms with Gasteiger partial charge in [-0.2, -0.15) is 0 Å². The van der Waals surface area contributed by atoms with Gasteiger partial charge in [0.2, 0.25) is 21.8 Å². The highest BCUT2D eigenvalue weighted by molar-refractivity contribution is 7.89. The van der Waals surface area contributed by atoms with E-state index < -0.39 is 64.6 Å². The van der Waals surface area contributed by atoms with Crippen molar-refractivity contribution >= 4 is 21.8 Å². The van der Waals surface area contributed by atoms with Gasteiger partial charge < -0.3 is 20.8 Å². The molecule has 0 saturated heterocycles. The van der Waals surface area contributed by atoms with Crippen LogP contribution < -0.4 is 10.6 Å². The second kappa shape index (κ2) is 19.5. The summed E-state index contributed by atoms with van der Waals surface area (Å²) in [7, 11) is -1.05. The minimum atomic E-state index is -3.95. The van der Waals surface area contributed by atoms with E-state index in [1.807, 2.05) is 0 Å². The molecular formula is C33H49FN4O6S. The molecule has 1 aromatic carbocycles. The van der Waals surface area contributed by atoms with Crippen LogP contribution in [0.1, 0.15) is 56.9 Å². The Kier molecular flexibility index (Phi) is 16.5. The molecular weight excluding hydrogens is 599 g/mol. The van der Waals surface area contributed by atoms with Gasteiger partial charge in [0.15, 0.2) is 0 Å². The van der Waals surface area contributed by atoms with Crippen LogP contribution in [0.25, 0.3) is 0 Å². The summed E-state index contributed by atoms with van der Waals surface area (Å²) in [6.45, 7) is -0.538. The topological polar surface area (TPSA) is 139 Å². The number of terminal acetylenes is 2. The fraction of sp³-hybridized carbons (Fsp3) is 0.636. The Hall–Kier alpha value is -3.00. The number of rotatable bonds is 19. The molecule has 0 unspecified atom stereocenters. The molecule has 10 nitrogen and oxygen atoms in total. The Bertz CT molecular complexity index is 1250. The quantitative estimate of drug-likeness (QED) is 0.132. The number of halogens is 1. The van der Waals surface area contributed by atoms with E-state index in [0.29, 0.717) is 6.42 Å². The highest BCUT2D eigenvalue weighted by Crippen LogP contribution is 2.28. The number of nitrogens with one attached hydrogen (secondary N) is 2. The van der Waals surface area contributed by atoms with E-state index in [1.54, 1.807) is 30.3 Å². The molecule has 1 aromatic rings. The predicted molar refractivity (Wildman–Crippen MR) is 173 cm³/mol. The van der Waals surface area contributed by atoms with Gasteiger partial charge in [0, 0.05) is 33.0 Å². The Morgan fingerprint density at radius 2 is 1.64 bits per heavy atom. The SMILES string of the molecule is C#CC[C@H](NC(=O)[C@H](Cc1ccccc1)CS(=O)(=O)N(C)CCN(C)CF)C(=O)N[C@@H](CC1CCCCC1)[C@@H](O)[C@@H](O)CC#C. The number of likely N-dealkylation sites (N-methyl/N-ethyl adjacent to an activating group) is 2. The number of hydrogen-bond donors (Lipinski definition) is 4. The van der Waals surface area contributed by atoms with Crippen molar-refractivity contribution < 1.29 is 32.6 Å². The van der Waals surface area contributed by atoms with E-state index in [0.717, 1.165) is 42.0 Å². The minimum Gasteiger partial charge on any atom is -0.389 e. The van der Waals surface area contributed by atoms with Crippen molar-refractivity contribution in [1.29, 1.82) is 0 Å². The van der Waals surface area contributed by atoms with Crippen molar-refractivity contribution in [3.63, 3.8) is 0 Å². The Morgan fingerprint density at radius 1 is 1.00 bits per heavy atom. The van der Waals surface area contributed by atoms with Crippen LogP contribution >= 0.6 is 0 Å². The van der Waals surface area contributed by atoms with Crippen LogP contribution in [0.15, 0.2) is 30.3 Å². The monoisotopic (exact) mass is 648 g/mol. The van der Waals surface area contributed by atoms with Gasteiger partial charge in [-0.3, -0.25) is 14.5 Å². The minimum absolute atomic E-state index is 0.0286. The predicted octanol–water partition coefficient (Wildman–Crippen LogP) is 1.67. The first kappa shape index (κ1) is 38.2. The molecule has 1 aliphatic carbocycles. The molecule has 1 saturated carbocycles. The summed E-state index contributed by atoms with van der Waals surface area (Å²) in [5.74, 6) is 2.01. The molecule has 45 heavy (non-hydrogen) atoms. The molecule has 2 rings (SSSR count). The van der Waals surface area contributed by atoms with Gasteiger partial charge in [-0.05, 0) is 31.4 Å². The van der Waals surface area contributed by atoms with Gasteiger partial charge in [-0.1, -0.05) is 62.4 Å². The van der Waals surface area contributed by atoms with Crippen LogP contribution in [0.5, 0.6) is 0 Å². The first-order valence-electron chi connectivity index (χ1n) is 15.5. The Morgan fingerprint density at radius 3 is 2.24 bits per heavy atom. The van der Waals surface area contributed by atoms with Crippen molar-refractivity contribution in [2.75, 3.05) is 39.7 Å². The van der Waals surface area contributed by atoms with E-state index in [9.17, 15) is 32.6 Å². The molecule has 0 spiro atoms. The van der Waals surface area contributed by atoms with E-state index in [1.165, 1.54) is 19.0 Å². The maximum atomic E-state index is 13.7. The zero-order chi connectivity index (χ0) is 33.4. The number of nitrogens with zero attached hydrogens (tertiary/aromatic N) is 2. The van der Waals surface area contributed by atoms with Gasteiger partial charge in [-0.15, -0.1) is 24.7 Å². The van der Waals surface area contributed by atoms with Crippen molar-refractivity contribution in [2.24, 2.45) is 11.8 Å². The summed E-state index contributed by atoms with van der Waals surface area (Å²) < 4.78 is 40.5. The number of aliphatic hydroxyl groups is 2. The second-order valence-electron chi connectivity index (χ2n) is 12.0. The molecule has 2 amide bonds. The lowest BCUT2D eigenvalue weighted by Crippen LogP contribution is -2.56. The van der Waals surface area contributed by atoms with Crippen molar-refractivity contribution in [3.05, 3.63) is 35.9 Å². The summed E-state index contributed by atoms with van der Waals surface area (Å²) in [5.41, 5.74) is 0.726. The molecule has 1 fully saturated rings. The fourth-order valence-corrected chi connectivity index (χ4v) is 6.89. The number of aliphatic hydroxyl groups excluding tert-OH is 2. The maximum Gasteiger partial charge on any atom is 0.243 e. The molecule has 5 atom stereocenters. The third-order valence-corrected chi connectivity index (χ3v) is 10.3. The first-order valence-corrected chi connectivity index (χ1v) is 17.1. The van der Waals surface area contributed by atoms with Gasteiger partial charge in [0.05, 0.1) is 23.8 Å². The fourth-order valence-electron chi connectivity index (χ4n) is 5.49. The van der Waals surface area contributed by atoms with Crippen LogP contribution in [-0.4, -0.2) is 104 Å². The number of carbonyl (C=O) groups is 2. The van der Waals surface area contributed by atoms with E-state index in [2.05, 4.69) is 22.5 Å². The summed E-state index contributed by atoms with van der Waals surface area (Å²) in [4.78, 5) is 28.5. The maximum absolute atomic E-state index is 13.7. The zero-order valence-corrected chi connectivity index (χ0v) is 27.2. The van der Waals surface area contributed by atoms with Crippen LogP contribution in [0, 0.1) is 36.5 Å². The van der Waals surface area contributed by atoms with E-state index in [-0.39, 0.29) is 38.3 Å². The summed E-state index contributed by atoms with van der Waals surface area (Å²) in [5, 5.41) is 26.8. The Labute approximate surface area is 268 Å². The number of alkyl halides is 1. The van der Waals surface area contributed by atoms with Gasteiger partial charge in [0.25, 0.3) is 0 Å². The van der Waals surface area contributed by atoms with Crippen LogP contribution in [0.2, 0.25) is 0 Å². The molecule has 0 aromatic heterocycles. The normalized spacial score (nSPS) is 17.4. The molecule has 1 aliphatic rings. The molecule has 0 aliphatic heterocycles. The number of carbonyl (C=O) groups excluding carboxylic acids is 2. The van der Waals surface area contributed by atoms with E-state index in [4.69, 9.17) is 12.8 Å². The van der Waals surface area contributed by atoms with Crippen LogP contribution in [-0.2, 0) is 26.0 Å². The van der Waals surface area contributed by atoms with Gasteiger partial charge in [-0.25, -0.2) is 17.1 Å². The van der Waals surface area contributed by atoms with Gasteiger partial charge in [0.1, 0.15) is 18.9 Å². The molecule has 0 radical (unpaired) electrons. The summed E-state index contributed by atoms with van der Waals surface area (Å²) in [6.07, 6.45) is 13.6. The van der Waals surface area contributed by atoms with Crippen molar-refractivity contribution in [1.82, 2.24) is 19.8 Å². The van der Waals surface area contributed by atoms with Gasteiger partial charge >= 0.3 is 0 Å². The molecule has 4 N–H and O–H groups in total. The smallest absolute Gasteiger partial charge is 0.243 e. The lowest BCUT2D eigenvalue weighted by molar-refractivity contribution is -0.132. The number of hydrogen-bond acceptors (Lipinski definition) is 7. The standard InChI is InChI=1S/C33H49FN4O6S/c1-5-13-28(33(42)36-29(31(40)30(39)14-6-2)22-26-17-11-8-12-18-26)35-32(41)27(21-25-15-9-7-10-16-25)23-45(43,44)38(4)20-19-37(3)24-34/h1-2,7,9-10,15-16,26-31,39-40H,8,11-14,17-24H2,3-4H3,(H,35,41)(H,36,42)/t27-,28+,29+,30+,31-/m1/s1. The first-order chi connectivity index (χ1) is 21.4. The number of sulfonamides is 1. The largest absolute Gasteiger partial charge is 0.389 e. The van der Waals surface area contributed by atoms with Crippen LogP contribution in [0.3, 0.4) is 0 Å². The highest BCUT2D eigenvalue weighted by atomic mass is 32.2. The summed E-state index contributed by atoms with van der Waals surface area (Å²) >= 11 is 0. The third-order valence-electron chi connectivity index (χ3n) is 8.31. The molecule has 250 valence electrons. The third kappa shape index (κ3) is 13.1. The van der Waals surface area contributed by atoms with E-state index >= 15 is 0 Å². The lowest BCUT2D eigenvalue weighted by Gasteiger charge is -2.33. The number of amides is 2. The van der Waals surface area contributed by atoms with Crippen molar-refractivity contribution in [3.8, 4) is 24.7 Å². The van der Waals surface area contributed by atoms with Crippen molar-refractivity contribution in [2.45, 2.75) is 82.1 Å². The summed E-state index contributed by atoms with van der Waals surface area (Å²) in [6, 6.07) is 6.85. The average Bonchev–Trinajstić information content (AvgIpc) is 3.03.